The van der Waals surface area contributed by atoms with Gasteiger partial charge in [-0.25, -0.2) is 12.7 Å². The Morgan fingerprint density at radius 1 is 0.962 bits per heavy atom. The molecule has 1 aliphatic rings. The largest absolute Gasteiger partial charge is 0.330 e. The maximum Gasteiger partial charge on any atom is 0.265 e. The average molecular weight is 366 g/mol. The van der Waals surface area contributed by atoms with Crippen LogP contribution in [0, 0.1) is 6.92 Å². The molecule has 4 nitrogen and oxygen atoms in total. The van der Waals surface area contributed by atoms with Gasteiger partial charge in [-0.05, 0) is 38.5 Å². The van der Waals surface area contributed by atoms with E-state index in [1.165, 1.54) is 5.57 Å². The molecule has 0 fully saturated rings. The second-order valence-electron chi connectivity index (χ2n) is 6.95. The highest BCUT2D eigenvalue weighted by molar-refractivity contribution is 7.92. The Kier molecular flexibility index (Phi) is 3.92. The Morgan fingerprint density at radius 2 is 1.65 bits per heavy atom. The monoisotopic (exact) mass is 366 g/mol. The summed E-state index contributed by atoms with van der Waals surface area (Å²) in [6.07, 6.45) is 2.77. The van der Waals surface area contributed by atoms with Crippen LogP contribution in [0.25, 0.3) is 10.9 Å². The van der Waals surface area contributed by atoms with Crippen LogP contribution in [0.2, 0.25) is 0 Å². The Hall–Kier alpha value is -2.53. The molecule has 0 aliphatic carbocycles. The second-order valence-corrected chi connectivity index (χ2v) is 8.82. The maximum absolute atomic E-state index is 13.4. The fraction of sp³-hybridized carbons (Fsp3) is 0.238. The summed E-state index contributed by atoms with van der Waals surface area (Å²) in [6.45, 7) is 4.36. The number of rotatable bonds is 2. The van der Waals surface area contributed by atoms with E-state index in [2.05, 4.69) is 13.0 Å². The second kappa shape index (κ2) is 6.02. The highest BCUT2D eigenvalue weighted by Gasteiger charge is 2.31. The average Bonchev–Trinajstić information content (AvgIpc) is 2.78. The van der Waals surface area contributed by atoms with Gasteiger partial charge in [0.2, 0.25) is 0 Å². The number of sulfonamides is 1. The molecule has 0 saturated heterocycles. The molecule has 1 aliphatic heterocycles. The lowest BCUT2D eigenvalue weighted by Gasteiger charge is -2.24. The van der Waals surface area contributed by atoms with Crippen molar-refractivity contribution in [1.82, 2.24) is 4.57 Å². The number of aromatic nitrogens is 1. The van der Waals surface area contributed by atoms with E-state index in [1.54, 1.807) is 16.4 Å². The molecule has 26 heavy (non-hydrogen) atoms. The number of allylic oxidation sites excluding steroid dienone is 1. The van der Waals surface area contributed by atoms with Crippen molar-refractivity contribution in [3.8, 4) is 0 Å². The highest BCUT2D eigenvalue weighted by atomic mass is 32.2. The van der Waals surface area contributed by atoms with Crippen LogP contribution in [0.15, 0.2) is 65.1 Å². The lowest BCUT2D eigenvalue weighted by atomic mass is 10.1. The number of para-hydroxylation sites is 1. The van der Waals surface area contributed by atoms with E-state index in [-0.39, 0.29) is 0 Å². The number of nitrogens with zero attached hydrogens (tertiary/aromatic N) is 2. The van der Waals surface area contributed by atoms with Crippen molar-refractivity contribution in [2.75, 3.05) is 10.8 Å². The molecule has 0 saturated carbocycles. The van der Waals surface area contributed by atoms with Crippen LogP contribution < -0.4 is 4.31 Å². The summed E-state index contributed by atoms with van der Waals surface area (Å²) in [5.74, 6) is 0.764. The first-order valence-corrected chi connectivity index (χ1v) is 10.1. The summed E-state index contributed by atoms with van der Waals surface area (Å²) < 4.78 is 30.4. The molecule has 0 atom stereocenters. The third-order valence-corrected chi connectivity index (χ3v) is 6.85. The predicted molar refractivity (Wildman–Crippen MR) is 106 cm³/mol. The van der Waals surface area contributed by atoms with Crippen LogP contribution in [0.1, 0.15) is 18.1 Å². The standard InChI is InChI=1S/C21H22N2O2S/c1-15-8-10-17(11-9-15)26(24,25)23-13-12-16(2)14-19-18-6-4-5-7-20(18)22(3)21(19)23/h4-12H,13-14H2,1-3H3. The maximum atomic E-state index is 13.4. The molecule has 2 aromatic carbocycles. The number of hydrogen-bond acceptors (Lipinski definition) is 2. The van der Waals surface area contributed by atoms with E-state index in [1.807, 2.05) is 54.9 Å². The van der Waals surface area contributed by atoms with Crippen LogP contribution in [-0.2, 0) is 23.5 Å². The predicted octanol–water partition coefficient (Wildman–Crippen LogP) is 4.18. The van der Waals surface area contributed by atoms with Crippen LogP contribution >= 0.6 is 0 Å². The number of benzene rings is 2. The van der Waals surface area contributed by atoms with E-state index in [0.717, 1.165) is 34.3 Å². The van der Waals surface area contributed by atoms with Crippen LogP contribution in [0.3, 0.4) is 0 Å². The van der Waals surface area contributed by atoms with Gasteiger partial charge in [-0.1, -0.05) is 47.5 Å². The summed E-state index contributed by atoms with van der Waals surface area (Å²) in [4.78, 5) is 0.326. The minimum atomic E-state index is -3.64. The summed E-state index contributed by atoms with van der Waals surface area (Å²) in [5, 5.41) is 1.11. The topological polar surface area (TPSA) is 42.3 Å². The number of hydrogen-bond donors (Lipinski definition) is 0. The van der Waals surface area contributed by atoms with Crippen molar-refractivity contribution in [2.24, 2.45) is 7.05 Å². The summed E-state index contributed by atoms with van der Waals surface area (Å²) in [5.41, 5.74) is 4.35. The normalized spacial score (nSPS) is 14.9. The van der Waals surface area contributed by atoms with E-state index in [9.17, 15) is 8.42 Å². The molecule has 0 N–H and O–H groups in total. The van der Waals surface area contributed by atoms with Gasteiger partial charge in [0.25, 0.3) is 10.0 Å². The zero-order chi connectivity index (χ0) is 18.5. The first kappa shape index (κ1) is 16.9. The van der Waals surface area contributed by atoms with Gasteiger partial charge in [0.15, 0.2) is 0 Å². The first-order chi connectivity index (χ1) is 12.4. The van der Waals surface area contributed by atoms with Crippen LogP contribution in [0.5, 0.6) is 0 Å². The van der Waals surface area contributed by atoms with Crippen molar-refractivity contribution < 1.29 is 8.42 Å². The molecule has 4 rings (SSSR count). The van der Waals surface area contributed by atoms with Crippen molar-refractivity contribution in [3.63, 3.8) is 0 Å². The van der Waals surface area contributed by atoms with Gasteiger partial charge in [0, 0.05) is 23.5 Å². The van der Waals surface area contributed by atoms with E-state index in [4.69, 9.17) is 0 Å². The van der Waals surface area contributed by atoms with E-state index in [0.29, 0.717) is 11.4 Å². The molecular formula is C21H22N2O2S. The lowest BCUT2D eigenvalue weighted by molar-refractivity contribution is 0.591. The summed E-state index contributed by atoms with van der Waals surface area (Å²) >= 11 is 0. The van der Waals surface area contributed by atoms with Crippen molar-refractivity contribution >= 4 is 26.7 Å². The molecule has 2 heterocycles. The molecule has 0 unspecified atom stereocenters. The third-order valence-electron chi connectivity index (χ3n) is 5.08. The van der Waals surface area contributed by atoms with Gasteiger partial charge in [0.05, 0.1) is 11.4 Å². The Bertz CT molecular complexity index is 1120. The van der Waals surface area contributed by atoms with Gasteiger partial charge < -0.3 is 4.57 Å². The molecule has 1 aromatic heterocycles. The molecular weight excluding hydrogens is 344 g/mol. The van der Waals surface area contributed by atoms with Crippen LogP contribution in [-0.4, -0.2) is 19.5 Å². The number of fused-ring (bicyclic) bond motifs is 3. The lowest BCUT2D eigenvalue weighted by Crippen LogP contribution is -2.33. The van der Waals surface area contributed by atoms with Gasteiger partial charge in [-0.15, -0.1) is 0 Å². The summed E-state index contributed by atoms with van der Waals surface area (Å²) in [6, 6.07) is 15.2. The van der Waals surface area contributed by atoms with Crippen molar-refractivity contribution in [2.45, 2.75) is 25.2 Å². The molecule has 0 radical (unpaired) electrons. The fourth-order valence-corrected chi connectivity index (χ4v) is 5.14. The molecule has 0 amide bonds. The van der Waals surface area contributed by atoms with Gasteiger partial charge in [-0.2, -0.15) is 0 Å². The minimum Gasteiger partial charge on any atom is -0.330 e. The van der Waals surface area contributed by atoms with Crippen molar-refractivity contribution in [3.05, 3.63) is 71.3 Å². The van der Waals surface area contributed by atoms with Crippen LogP contribution in [0.4, 0.5) is 5.82 Å². The Morgan fingerprint density at radius 3 is 2.38 bits per heavy atom. The highest BCUT2D eigenvalue weighted by Crippen LogP contribution is 2.37. The SMILES string of the molecule is CC1=CCN(S(=O)(=O)c2ccc(C)cc2)c2c(c3ccccc3n2C)C1. The first-order valence-electron chi connectivity index (χ1n) is 8.71. The smallest absolute Gasteiger partial charge is 0.265 e. The molecule has 0 spiro atoms. The zero-order valence-electron chi connectivity index (χ0n) is 15.2. The van der Waals surface area contributed by atoms with Gasteiger partial charge >= 0.3 is 0 Å². The van der Waals surface area contributed by atoms with Crippen molar-refractivity contribution in [1.29, 1.82) is 0 Å². The third kappa shape index (κ3) is 2.54. The van der Waals surface area contributed by atoms with Gasteiger partial charge in [-0.3, -0.25) is 0 Å². The van der Waals surface area contributed by atoms with E-state index >= 15 is 0 Å². The van der Waals surface area contributed by atoms with Gasteiger partial charge in [0.1, 0.15) is 5.82 Å². The number of aryl methyl sites for hydroxylation is 2. The molecule has 3 aromatic rings. The zero-order valence-corrected chi connectivity index (χ0v) is 16.0. The van der Waals surface area contributed by atoms with E-state index < -0.39 is 10.0 Å². The fourth-order valence-electron chi connectivity index (χ4n) is 3.68. The molecule has 134 valence electrons. The Balaban J connectivity index is 1.98. The molecule has 0 bridgehead atoms. The number of anilines is 1. The molecule has 5 heteroatoms. The quantitative estimate of drug-likeness (QED) is 0.639. The summed E-state index contributed by atoms with van der Waals surface area (Å²) in [7, 11) is -1.70. The Labute approximate surface area is 154 Å². The minimum absolute atomic E-state index is 0.326.